The number of anilines is 1. The highest BCUT2D eigenvalue weighted by molar-refractivity contribution is 6.58. The number of carboxylic acid groups (broad SMARTS) is 1. The number of aryl methyl sites for hydroxylation is 1. The zero-order valence-electron chi connectivity index (χ0n) is 25.0. The lowest BCUT2D eigenvalue weighted by molar-refractivity contribution is -0.139. The molecule has 3 N–H and O–H groups in total. The van der Waals surface area contributed by atoms with Crippen LogP contribution in [-0.2, 0) is 11.2 Å². The molecule has 242 valence electrons. The SMILES string of the molecule is Cc1nc2ccc(-c3cnc(N4CCC5(CC5C(=O)O)C4)nc3)cn2c1Cc1ccccc1OC(F)F.OB(O)c1cnc(Cl)nc1. The summed E-state index contributed by atoms with van der Waals surface area (Å²) in [6.07, 6.45) is 9.94. The van der Waals surface area contributed by atoms with Crippen LogP contribution in [0.3, 0.4) is 0 Å². The van der Waals surface area contributed by atoms with Crippen LogP contribution in [0.25, 0.3) is 16.8 Å². The standard InChI is InChI=1S/C27H25F2N5O3.C4H4BClN2O2/c1-16-21(10-17-4-2-3-5-22(17)37-25(28)29)34-14-18(6-7-23(34)32-16)19-12-30-26(31-13-19)33-9-8-27(15-33)11-20(27)24(35)36;6-4-7-1-3(2-8-4)5(9)10/h2-7,12-14,20,25H,8-11,15H2,1H3,(H,35,36);1-2,9-10H. The molecule has 2 aliphatic rings. The number of nitrogens with zero attached hydrogens (tertiary/aromatic N) is 7. The Balaban J connectivity index is 0.000000332. The molecule has 1 spiro atoms. The van der Waals surface area contributed by atoms with Crippen LogP contribution in [-0.4, -0.2) is 77.3 Å². The summed E-state index contributed by atoms with van der Waals surface area (Å²) in [5, 5.41) is 26.5. The minimum atomic E-state index is -2.90. The van der Waals surface area contributed by atoms with E-state index in [-0.39, 0.29) is 27.8 Å². The average Bonchev–Trinajstić information content (AvgIpc) is 3.46. The first-order valence-corrected chi connectivity index (χ1v) is 15.0. The number of rotatable bonds is 8. The maximum absolute atomic E-state index is 12.9. The second kappa shape index (κ2) is 13.2. The third-order valence-electron chi connectivity index (χ3n) is 8.53. The van der Waals surface area contributed by atoms with E-state index >= 15 is 0 Å². The number of carboxylic acids is 1. The number of pyridine rings is 1. The first kappa shape index (κ1) is 32.2. The largest absolute Gasteiger partial charge is 0.491 e. The van der Waals surface area contributed by atoms with Crippen molar-refractivity contribution in [1.82, 2.24) is 29.3 Å². The van der Waals surface area contributed by atoms with Crippen LogP contribution < -0.4 is 15.1 Å². The maximum atomic E-state index is 12.9. The van der Waals surface area contributed by atoms with Gasteiger partial charge in [0.05, 0.1) is 11.6 Å². The number of aromatic nitrogens is 6. The highest BCUT2D eigenvalue weighted by Crippen LogP contribution is 2.58. The van der Waals surface area contributed by atoms with E-state index in [2.05, 4.69) is 29.8 Å². The molecule has 16 heteroatoms. The molecule has 2 unspecified atom stereocenters. The van der Waals surface area contributed by atoms with E-state index in [9.17, 15) is 18.7 Å². The molecule has 1 saturated carbocycles. The lowest BCUT2D eigenvalue weighted by Gasteiger charge is -2.16. The molecule has 12 nitrogen and oxygen atoms in total. The molecule has 0 bridgehead atoms. The fourth-order valence-electron chi connectivity index (χ4n) is 5.94. The number of halogens is 3. The van der Waals surface area contributed by atoms with Crippen LogP contribution in [0.15, 0.2) is 67.4 Å². The summed E-state index contributed by atoms with van der Waals surface area (Å²) in [5.74, 6) is -0.220. The average molecular weight is 664 g/mol. The Bertz CT molecular complexity index is 1900. The molecule has 4 aromatic heterocycles. The van der Waals surface area contributed by atoms with Crippen LogP contribution in [0.1, 0.15) is 29.8 Å². The smallest absolute Gasteiger partial charge is 0.481 e. The lowest BCUT2D eigenvalue weighted by Crippen LogP contribution is -2.30. The van der Waals surface area contributed by atoms with E-state index < -0.39 is 19.7 Å². The molecule has 47 heavy (non-hydrogen) atoms. The molecule has 5 aromatic rings. The normalized spacial score (nSPS) is 18.4. The van der Waals surface area contributed by atoms with E-state index in [1.165, 1.54) is 18.5 Å². The van der Waals surface area contributed by atoms with Gasteiger partial charge in [-0.25, -0.2) is 24.9 Å². The first-order valence-electron chi connectivity index (χ1n) is 14.7. The van der Waals surface area contributed by atoms with Crippen molar-refractivity contribution in [3.8, 4) is 16.9 Å². The maximum Gasteiger partial charge on any atom is 0.491 e. The Morgan fingerprint density at radius 2 is 1.81 bits per heavy atom. The molecule has 2 atom stereocenters. The van der Waals surface area contributed by atoms with Gasteiger partial charge in [0.25, 0.3) is 0 Å². The van der Waals surface area contributed by atoms with Crippen LogP contribution in [0.2, 0.25) is 5.28 Å². The molecule has 1 aromatic carbocycles. The van der Waals surface area contributed by atoms with E-state index in [0.29, 0.717) is 24.5 Å². The van der Waals surface area contributed by atoms with Gasteiger partial charge in [-0.1, -0.05) is 18.2 Å². The summed E-state index contributed by atoms with van der Waals surface area (Å²) < 4.78 is 32.5. The molecule has 1 aliphatic carbocycles. The zero-order valence-corrected chi connectivity index (χ0v) is 25.8. The van der Waals surface area contributed by atoms with Gasteiger partial charge in [-0.05, 0) is 49.6 Å². The number of alkyl halides is 2. The van der Waals surface area contributed by atoms with Crippen LogP contribution in [0, 0.1) is 18.3 Å². The van der Waals surface area contributed by atoms with Gasteiger partial charge >= 0.3 is 19.7 Å². The van der Waals surface area contributed by atoms with Crippen LogP contribution in [0.5, 0.6) is 5.75 Å². The highest BCUT2D eigenvalue weighted by atomic mass is 35.5. The van der Waals surface area contributed by atoms with Gasteiger partial charge in [-0.2, -0.15) is 8.78 Å². The summed E-state index contributed by atoms with van der Waals surface area (Å²) >= 11 is 5.33. The summed E-state index contributed by atoms with van der Waals surface area (Å²) in [7, 11) is -1.53. The van der Waals surface area contributed by atoms with Crippen molar-refractivity contribution in [2.24, 2.45) is 11.3 Å². The van der Waals surface area contributed by atoms with Gasteiger partial charge in [0.15, 0.2) is 0 Å². The molecule has 0 amide bonds. The van der Waals surface area contributed by atoms with Crippen LogP contribution >= 0.6 is 11.6 Å². The van der Waals surface area contributed by atoms with E-state index in [0.717, 1.165) is 47.5 Å². The van der Waals surface area contributed by atoms with Crippen molar-refractivity contribution in [2.45, 2.75) is 32.8 Å². The third kappa shape index (κ3) is 7.01. The van der Waals surface area contributed by atoms with Crippen molar-refractivity contribution in [3.63, 3.8) is 0 Å². The minimum absolute atomic E-state index is 0.0874. The Labute approximate surface area is 272 Å². The molecule has 2 fully saturated rings. The monoisotopic (exact) mass is 663 g/mol. The Morgan fingerprint density at radius 1 is 1.09 bits per heavy atom. The zero-order chi connectivity index (χ0) is 33.3. The number of ether oxygens (including phenoxy) is 1. The number of fused-ring (bicyclic) bond motifs is 1. The molecular formula is C31H29BClF2N7O5. The first-order chi connectivity index (χ1) is 22.5. The molecule has 7 rings (SSSR count). The van der Waals surface area contributed by atoms with Gasteiger partial charge in [-0.3, -0.25) is 4.79 Å². The van der Waals surface area contributed by atoms with E-state index in [1.807, 2.05) is 29.7 Å². The number of hydrogen-bond acceptors (Lipinski definition) is 10. The fraction of sp³-hybridized carbons (Fsp3) is 0.290. The second-order valence-corrected chi connectivity index (χ2v) is 11.9. The van der Waals surface area contributed by atoms with Crippen molar-refractivity contribution < 1.29 is 33.5 Å². The van der Waals surface area contributed by atoms with Crippen LogP contribution in [0.4, 0.5) is 14.7 Å². The Morgan fingerprint density at radius 3 is 2.47 bits per heavy atom. The van der Waals surface area contributed by atoms with Gasteiger partial charge in [0, 0.05) is 83.8 Å². The number of benzene rings is 1. The van der Waals surface area contributed by atoms with Gasteiger partial charge in [0.1, 0.15) is 11.4 Å². The number of imidazole rings is 1. The van der Waals surface area contributed by atoms with E-state index in [4.69, 9.17) is 26.4 Å². The molecule has 0 radical (unpaired) electrons. The van der Waals surface area contributed by atoms with Crippen molar-refractivity contribution in [3.05, 3.63) is 89.6 Å². The van der Waals surface area contributed by atoms with Gasteiger partial charge in [0.2, 0.25) is 11.2 Å². The van der Waals surface area contributed by atoms with Gasteiger partial charge < -0.3 is 29.2 Å². The summed E-state index contributed by atoms with van der Waals surface area (Å²) in [4.78, 5) is 34.3. The molecule has 1 saturated heterocycles. The van der Waals surface area contributed by atoms with Crippen molar-refractivity contribution in [2.75, 3.05) is 18.0 Å². The lowest BCUT2D eigenvalue weighted by atomic mass is 9.83. The molecular weight excluding hydrogens is 635 g/mol. The Hall–Kier alpha value is -4.73. The Kier molecular flexibility index (Phi) is 9.04. The van der Waals surface area contributed by atoms with Crippen molar-refractivity contribution >= 4 is 41.7 Å². The van der Waals surface area contributed by atoms with Crippen molar-refractivity contribution in [1.29, 1.82) is 0 Å². The third-order valence-corrected chi connectivity index (χ3v) is 8.73. The van der Waals surface area contributed by atoms with E-state index in [1.54, 1.807) is 30.6 Å². The number of aliphatic carboxylic acids is 1. The summed E-state index contributed by atoms with van der Waals surface area (Å²) in [6, 6.07) is 10.6. The number of hydrogen-bond donors (Lipinski definition) is 3. The predicted octanol–water partition coefficient (Wildman–Crippen LogP) is 3.40. The molecule has 1 aliphatic heterocycles. The van der Waals surface area contributed by atoms with Gasteiger partial charge in [-0.15, -0.1) is 0 Å². The summed E-state index contributed by atoms with van der Waals surface area (Å²) in [6.45, 7) is 0.425. The topological polar surface area (TPSA) is 159 Å². The quantitative estimate of drug-likeness (QED) is 0.165. The fourth-order valence-corrected chi connectivity index (χ4v) is 6.04. The predicted molar refractivity (Wildman–Crippen MR) is 169 cm³/mol. The minimum Gasteiger partial charge on any atom is -0.481 e. The number of carbonyl (C=O) groups is 1. The highest BCUT2D eigenvalue weighted by Gasteiger charge is 2.61. The molecule has 5 heterocycles. The second-order valence-electron chi connectivity index (χ2n) is 11.5. The summed E-state index contributed by atoms with van der Waals surface area (Å²) in [5.41, 5.74) is 4.89. The number of para-hydroxylation sites is 1.